The van der Waals surface area contributed by atoms with Crippen molar-refractivity contribution in [1.29, 1.82) is 0 Å². The summed E-state index contributed by atoms with van der Waals surface area (Å²) >= 11 is 3.85. The molecule has 95 heavy (non-hydrogen) atoms. The smallest absolute Gasteiger partial charge is 0.0332 e. The van der Waals surface area contributed by atoms with Gasteiger partial charge in [-0.1, -0.05) is 328 Å². The first-order valence-electron chi connectivity index (χ1n) is 32.7. The number of benzene rings is 19. The highest BCUT2D eigenvalue weighted by atomic mass is 79.9. The molecule has 1 heteroatoms. The molecule has 0 radical (unpaired) electrons. The summed E-state index contributed by atoms with van der Waals surface area (Å²) in [6.07, 6.45) is 0. The number of rotatable bonds is 7. The molecule has 0 N–H and O–H groups in total. The van der Waals surface area contributed by atoms with Gasteiger partial charge in [0.25, 0.3) is 0 Å². The minimum absolute atomic E-state index is 1.16. The lowest BCUT2D eigenvalue weighted by Gasteiger charge is -2.21. The minimum atomic E-state index is 1.16. The van der Waals surface area contributed by atoms with Crippen LogP contribution >= 0.6 is 15.9 Å². The fourth-order valence-electron chi connectivity index (χ4n) is 15.2. The third-order valence-electron chi connectivity index (χ3n) is 19.7. The van der Waals surface area contributed by atoms with Gasteiger partial charge in [0.05, 0.1) is 0 Å². The summed E-state index contributed by atoms with van der Waals surface area (Å²) < 4.78 is 1.16. The molecule has 0 nitrogen and oxygen atoms in total. The Morgan fingerprint density at radius 3 is 0.663 bits per heavy atom. The van der Waals surface area contributed by atoms with Crippen LogP contribution in [0.2, 0.25) is 0 Å². The van der Waals surface area contributed by atoms with E-state index in [2.05, 4.69) is 374 Å². The molecule has 0 spiro atoms. The first-order valence-corrected chi connectivity index (χ1v) is 33.5. The lowest BCUT2D eigenvalue weighted by Crippen LogP contribution is -1.94. The fourth-order valence-corrected chi connectivity index (χ4v) is 15.9. The van der Waals surface area contributed by atoms with Gasteiger partial charge in [0.2, 0.25) is 0 Å². The van der Waals surface area contributed by atoms with Crippen LogP contribution in [0.5, 0.6) is 0 Å². The van der Waals surface area contributed by atoms with Gasteiger partial charge in [-0.15, -0.1) is 0 Å². The molecule has 19 aromatic rings. The molecule has 19 aromatic carbocycles. The Labute approximate surface area is 560 Å². The first kappa shape index (κ1) is 56.0. The van der Waals surface area contributed by atoms with E-state index in [9.17, 15) is 0 Å². The van der Waals surface area contributed by atoms with Crippen LogP contribution in [0.4, 0.5) is 0 Å². The van der Waals surface area contributed by atoms with Crippen molar-refractivity contribution in [2.75, 3.05) is 0 Å². The number of hydrogen-bond donors (Lipinski definition) is 0. The molecule has 0 heterocycles. The Morgan fingerprint density at radius 2 is 0.326 bits per heavy atom. The van der Waals surface area contributed by atoms with Crippen molar-refractivity contribution in [2.45, 2.75) is 0 Å². The molecular weight excluding hydrogens is 1210 g/mol. The molecule has 0 aromatic heterocycles. The predicted octanol–water partition coefficient (Wildman–Crippen LogP) is 27.3. The molecule has 0 saturated heterocycles. The molecule has 19 rings (SSSR count). The molecule has 0 bridgehead atoms. The summed E-state index contributed by atoms with van der Waals surface area (Å²) in [7, 11) is 0. The van der Waals surface area contributed by atoms with Crippen LogP contribution in [-0.4, -0.2) is 0 Å². The average molecular weight is 1270 g/mol. The highest BCUT2D eigenvalue weighted by Gasteiger charge is 2.22. The minimum Gasteiger partial charge on any atom is -0.0616 e. The summed E-state index contributed by atoms with van der Waals surface area (Å²) in [6.45, 7) is 0. The quantitative estimate of drug-likeness (QED) is 0.140. The zero-order valence-electron chi connectivity index (χ0n) is 51.9. The van der Waals surface area contributed by atoms with Crippen molar-refractivity contribution < 1.29 is 0 Å². The van der Waals surface area contributed by atoms with Crippen molar-refractivity contribution in [1.82, 2.24) is 0 Å². The average Bonchev–Trinajstić information content (AvgIpc) is 0.728. The third-order valence-corrected chi connectivity index (χ3v) is 20.6. The van der Waals surface area contributed by atoms with E-state index in [1.807, 2.05) is 0 Å². The van der Waals surface area contributed by atoms with E-state index in [1.165, 1.54) is 186 Å². The maximum absolute atomic E-state index is 3.85. The van der Waals surface area contributed by atoms with Crippen LogP contribution in [0, 0.1) is 0 Å². The lowest BCUT2D eigenvalue weighted by molar-refractivity contribution is 1.63. The topological polar surface area (TPSA) is 0 Å². The van der Waals surface area contributed by atoms with Crippen molar-refractivity contribution in [3.63, 3.8) is 0 Å². The highest BCUT2D eigenvalue weighted by molar-refractivity contribution is 9.10. The Balaban J connectivity index is 0.000000178. The van der Waals surface area contributed by atoms with Gasteiger partial charge in [-0.05, 0) is 232 Å². The highest BCUT2D eigenvalue weighted by Crippen LogP contribution is 2.50. The Hall–Kier alpha value is -11.7. The van der Waals surface area contributed by atoms with Gasteiger partial charge < -0.3 is 0 Å². The summed E-state index contributed by atoms with van der Waals surface area (Å²) in [5, 5.41) is 25.1. The van der Waals surface area contributed by atoms with Crippen LogP contribution in [0.1, 0.15) is 0 Å². The van der Waals surface area contributed by atoms with E-state index < -0.39 is 0 Å². The van der Waals surface area contributed by atoms with Crippen LogP contribution in [0.15, 0.2) is 362 Å². The van der Waals surface area contributed by atoms with E-state index in [-0.39, 0.29) is 0 Å². The monoisotopic (exact) mass is 1270 g/mol. The Bertz CT molecular complexity index is 6160. The summed E-state index contributed by atoms with van der Waals surface area (Å²) in [5.74, 6) is 0. The summed E-state index contributed by atoms with van der Waals surface area (Å²) in [6, 6.07) is 132. The van der Waals surface area contributed by atoms with E-state index in [0.29, 0.717) is 0 Å². The van der Waals surface area contributed by atoms with Gasteiger partial charge in [-0.2, -0.15) is 0 Å². The number of halogens is 1. The second-order valence-corrected chi connectivity index (χ2v) is 25.9. The molecule has 0 aliphatic rings. The lowest BCUT2D eigenvalue weighted by atomic mass is 9.82. The van der Waals surface area contributed by atoms with Crippen LogP contribution in [-0.2, 0) is 0 Å². The van der Waals surface area contributed by atoms with Gasteiger partial charge in [0.15, 0.2) is 0 Å². The van der Waals surface area contributed by atoms with Crippen LogP contribution in [0.3, 0.4) is 0 Å². The van der Waals surface area contributed by atoms with Gasteiger partial charge in [0, 0.05) is 4.47 Å². The molecule has 0 aliphatic carbocycles. The first-order chi connectivity index (χ1) is 47.0. The maximum atomic E-state index is 3.85. The van der Waals surface area contributed by atoms with E-state index in [0.717, 1.165) is 4.47 Å². The largest absolute Gasteiger partial charge is 0.0616 e. The number of hydrogen-bond acceptors (Lipinski definition) is 0. The SMILES string of the molecule is Brc1c2ccccc2c(-c2ccc(-c3ccc4ccccc4c3)cc2)c2ccccc12.c1ccc2cc(-c3ccc(-c4c5ccccc5c(-c5ccc6c(-c7ccc8ccccc8c7)c7ccccc7c(-c7ccc8ccccc8c7)c6c5)c5ccccc45)cc3)ccc2c1. The zero-order valence-corrected chi connectivity index (χ0v) is 53.5. The number of fused-ring (bicyclic) bond motifs is 10. The van der Waals surface area contributed by atoms with Crippen molar-refractivity contribution >= 4 is 124 Å². The van der Waals surface area contributed by atoms with Gasteiger partial charge >= 0.3 is 0 Å². The fraction of sp³-hybridized carbons (Fsp3) is 0. The molecule has 0 atom stereocenters. The molecule has 0 unspecified atom stereocenters. The third kappa shape index (κ3) is 9.82. The molecular formula is C94H59Br. The second kappa shape index (κ2) is 23.4. The normalized spacial score (nSPS) is 11.6. The van der Waals surface area contributed by atoms with Crippen molar-refractivity contribution in [2.24, 2.45) is 0 Å². The van der Waals surface area contributed by atoms with E-state index in [1.54, 1.807) is 0 Å². The standard InChI is InChI=1S/C64H40.C30H19Br/c1-4-16-46-37-49(32-27-41(46)13-1)44-25-30-45(31-26-44)61-53-19-7-9-21-55(53)63(56-22-10-8-20-54(56)61)52-35-36-59-60(40-52)64(51-34-29-43-15-3-6-18-48(43)39-51)58-24-12-11-23-57(58)62(59)50-33-28-42-14-2-5-17-47(42)38-50;31-30-27-11-5-3-9-25(27)29(26-10-4-6-12-28(26)30)22-16-13-21(14-17-22)24-18-15-20-7-1-2-8-23(20)19-24/h1-40H;1-19H. The zero-order chi connectivity index (χ0) is 62.9. The van der Waals surface area contributed by atoms with Gasteiger partial charge in [-0.3, -0.25) is 0 Å². The Morgan fingerprint density at radius 1 is 0.126 bits per heavy atom. The van der Waals surface area contributed by atoms with Crippen LogP contribution < -0.4 is 0 Å². The van der Waals surface area contributed by atoms with Gasteiger partial charge in [-0.25, -0.2) is 0 Å². The molecule has 0 fully saturated rings. The second-order valence-electron chi connectivity index (χ2n) is 25.1. The molecule has 0 saturated carbocycles. The van der Waals surface area contributed by atoms with Gasteiger partial charge in [0.1, 0.15) is 0 Å². The van der Waals surface area contributed by atoms with Crippen molar-refractivity contribution in [3.05, 3.63) is 362 Å². The molecule has 0 amide bonds. The molecule has 0 aliphatic heterocycles. The van der Waals surface area contributed by atoms with Crippen LogP contribution in [0.25, 0.3) is 186 Å². The maximum Gasteiger partial charge on any atom is 0.0332 e. The Kier molecular flexibility index (Phi) is 13.8. The van der Waals surface area contributed by atoms with Crippen molar-refractivity contribution in [3.8, 4) is 77.9 Å². The van der Waals surface area contributed by atoms with E-state index in [4.69, 9.17) is 0 Å². The van der Waals surface area contributed by atoms with E-state index >= 15 is 0 Å². The predicted molar refractivity (Wildman–Crippen MR) is 414 cm³/mol. The molecule has 442 valence electrons. The summed E-state index contributed by atoms with van der Waals surface area (Å²) in [4.78, 5) is 0. The summed E-state index contributed by atoms with van der Waals surface area (Å²) in [5.41, 5.74) is 17.4.